The van der Waals surface area contributed by atoms with Crippen molar-refractivity contribution in [2.45, 2.75) is 44.9 Å². The van der Waals surface area contributed by atoms with Gasteiger partial charge in [-0.15, -0.1) is 0 Å². The molecule has 1 atom stereocenters. The van der Waals surface area contributed by atoms with Gasteiger partial charge in [-0.05, 0) is 30.9 Å². The Morgan fingerprint density at radius 1 is 1.32 bits per heavy atom. The van der Waals surface area contributed by atoms with Crippen LogP contribution in [0.25, 0.3) is 0 Å². The zero-order valence-corrected chi connectivity index (χ0v) is 11.8. The first-order chi connectivity index (χ1) is 9.31. The van der Waals surface area contributed by atoms with Crippen molar-refractivity contribution >= 4 is 0 Å². The lowest BCUT2D eigenvalue weighted by Gasteiger charge is -2.33. The summed E-state index contributed by atoms with van der Waals surface area (Å²) in [4.78, 5) is 2.51. The first-order valence-electron chi connectivity index (χ1n) is 7.44. The van der Waals surface area contributed by atoms with Gasteiger partial charge in [-0.3, -0.25) is 4.90 Å². The van der Waals surface area contributed by atoms with Gasteiger partial charge in [-0.25, -0.2) is 0 Å². The summed E-state index contributed by atoms with van der Waals surface area (Å²) in [5, 5.41) is 3.58. The standard InChI is InChI=1S/C16H24N2O/c1-13-12-19-8-7-18(13)11-15-4-2-3-14(9-15)10-17-16-5-6-16/h2-4,9,13,16-17H,5-8,10-12H2,1H3. The minimum atomic E-state index is 0.530. The second-order valence-corrected chi connectivity index (χ2v) is 5.87. The first kappa shape index (κ1) is 13.1. The van der Waals surface area contributed by atoms with Crippen LogP contribution in [0.15, 0.2) is 24.3 Å². The molecule has 104 valence electrons. The minimum absolute atomic E-state index is 0.530. The molecular formula is C16H24N2O. The number of nitrogens with zero attached hydrogens (tertiary/aromatic N) is 1. The molecule has 2 fully saturated rings. The predicted octanol–water partition coefficient (Wildman–Crippen LogP) is 2.16. The van der Waals surface area contributed by atoms with Crippen LogP contribution in [0, 0.1) is 0 Å². The molecule has 1 aromatic carbocycles. The van der Waals surface area contributed by atoms with Crippen molar-refractivity contribution in [2.75, 3.05) is 19.8 Å². The van der Waals surface area contributed by atoms with Crippen LogP contribution in [0.2, 0.25) is 0 Å². The van der Waals surface area contributed by atoms with E-state index in [4.69, 9.17) is 4.74 Å². The smallest absolute Gasteiger partial charge is 0.0619 e. The molecule has 0 bridgehead atoms. The van der Waals surface area contributed by atoms with Crippen molar-refractivity contribution in [2.24, 2.45) is 0 Å². The zero-order valence-electron chi connectivity index (χ0n) is 11.8. The molecule has 3 nitrogen and oxygen atoms in total. The van der Waals surface area contributed by atoms with Gasteiger partial charge < -0.3 is 10.1 Å². The van der Waals surface area contributed by atoms with Crippen LogP contribution >= 0.6 is 0 Å². The molecule has 1 N–H and O–H groups in total. The quantitative estimate of drug-likeness (QED) is 0.878. The number of benzene rings is 1. The van der Waals surface area contributed by atoms with Crippen LogP contribution in [-0.4, -0.2) is 36.7 Å². The molecule has 1 saturated carbocycles. The van der Waals surface area contributed by atoms with Gasteiger partial charge in [-0.2, -0.15) is 0 Å². The Balaban J connectivity index is 1.58. The minimum Gasteiger partial charge on any atom is -0.379 e. The van der Waals surface area contributed by atoms with Crippen molar-refractivity contribution in [3.05, 3.63) is 35.4 Å². The van der Waals surface area contributed by atoms with E-state index in [0.717, 1.165) is 38.9 Å². The van der Waals surface area contributed by atoms with Crippen LogP contribution in [-0.2, 0) is 17.8 Å². The summed E-state index contributed by atoms with van der Waals surface area (Å²) in [6.45, 7) is 7.08. The number of hydrogen-bond donors (Lipinski definition) is 1. The Morgan fingerprint density at radius 2 is 2.16 bits per heavy atom. The number of ether oxygens (including phenoxy) is 1. The molecular weight excluding hydrogens is 236 g/mol. The van der Waals surface area contributed by atoms with Gasteiger partial charge in [0.15, 0.2) is 0 Å². The molecule has 1 aliphatic heterocycles. The maximum Gasteiger partial charge on any atom is 0.0619 e. The average Bonchev–Trinajstić information content (AvgIpc) is 3.24. The fourth-order valence-electron chi connectivity index (χ4n) is 2.62. The summed E-state index contributed by atoms with van der Waals surface area (Å²) in [5.74, 6) is 0. The molecule has 1 aromatic rings. The Morgan fingerprint density at radius 3 is 2.95 bits per heavy atom. The molecule has 1 aliphatic carbocycles. The molecule has 1 saturated heterocycles. The van der Waals surface area contributed by atoms with E-state index in [9.17, 15) is 0 Å². The van der Waals surface area contributed by atoms with Crippen molar-refractivity contribution < 1.29 is 4.74 Å². The van der Waals surface area contributed by atoms with Gasteiger partial charge in [0, 0.05) is 31.7 Å². The summed E-state index contributed by atoms with van der Waals surface area (Å²) in [5.41, 5.74) is 2.83. The van der Waals surface area contributed by atoms with E-state index in [1.165, 1.54) is 24.0 Å². The maximum atomic E-state index is 5.49. The van der Waals surface area contributed by atoms with E-state index in [0.29, 0.717) is 6.04 Å². The summed E-state index contributed by atoms with van der Waals surface area (Å²) in [6, 6.07) is 10.3. The van der Waals surface area contributed by atoms with Gasteiger partial charge in [0.1, 0.15) is 0 Å². The molecule has 0 spiro atoms. The Bertz CT molecular complexity index is 417. The van der Waals surface area contributed by atoms with Crippen LogP contribution in [0.1, 0.15) is 30.9 Å². The molecule has 2 aliphatic rings. The van der Waals surface area contributed by atoms with Crippen molar-refractivity contribution in [3.8, 4) is 0 Å². The molecule has 1 unspecified atom stereocenters. The molecule has 1 heterocycles. The lowest BCUT2D eigenvalue weighted by Crippen LogP contribution is -2.42. The lowest BCUT2D eigenvalue weighted by atomic mass is 10.1. The predicted molar refractivity (Wildman–Crippen MR) is 77.0 cm³/mol. The van der Waals surface area contributed by atoms with E-state index in [2.05, 4.69) is 41.4 Å². The highest BCUT2D eigenvalue weighted by atomic mass is 16.5. The third kappa shape index (κ3) is 3.78. The highest BCUT2D eigenvalue weighted by Gasteiger charge is 2.20. The van der Waals surface area contributed by atoms with Gasteiger partial charge >= 0.3 is 0 Å². The average molecular weight is 260 g/mol. The maximum absolute atomic E-state index is 5.49. The molecule has 3 heteroatoms. The van der Waals surface area contributed by atoms with Crippen molar-refractivity contribution in [1.29, 1.82) is 0 Å². The third-order valence-electron chi connectivity index (χ3n) is 4.05. The van der Waals surface area contributed by atoms with Crippen LogP contribution in [0.4, 0.5) is 0 Å². The Labute approximate surface area is 115 Å². The van der Waals surface area contributed by atoms with Gasteiger partial charge in [0.2, 0.25) is 0 Å². The van der Waals surface area contributed by atoms with Crippen molar-refractivity contribution in [1.82, 2.24) is 10.2 Å². The van der Waals surface area contributed by atoms with Crippen molar-refractivity contribution in [3.63, 3.8) is 0 Å². The number of nitrogens with one attached hydrogen (secondary N) is 1. The monoisotopic (exact) mass is 260 g/mol. The zero-order chi connectivity index (χ0) is 13.1. The fraction of sp³-hybridized carbons (Fsp3) is 0.625. The number of hydrogen-bond acceptors (Lipinski definition) is 3. The molecule has 0 amide bonds. The molecule has 0 radical (unpaired) electrons. The molecule has 19 heavy (non-hydrogen) atoms. The fourth-order valence-corrected chi connectivity index (χ4v) is 2.62. The Hall–Kier alpha value is -0.900. The first-order valence-corrected chi connectivity index (χ1v) is 7.44. The summed E-state index contributed by atoms with van der Waals surface area (Å²) < 4.78 is 5.49. The summed E-state index contributed by atoms with van der Waals surface area (Å²) in [6.07, 6.45) is 2.70. The van der Waals surface area contributed by atoms with E-state index >= 15 is 0 Å². The van der Waals surface area contributed by atoms with Gasteiger partial charge in [-0.1, -0.05) is 24.3 Å². The lowest BCUT2D eigenvalue weighted by molar-refractivity contribution is -0.00437. The van der Waals surface area contributed by atoms with Crippen LogP contribution in [0.5, 0.6) is 0 Å². The summed E-state index contributed by atoms with van der Waals surface area (Å²) >= 11 is 0. The molecule has 3 rings (SSSR count). The van der Waals surface area contributed by atoms with Crippen LogP contribution in [0.3, 0.4) is 0 Å². The van der Waals surface area contributed by atoms with Gasteiger partial charge in [0.05, 0.1) is 13.2 Å². The normalized spacial score (nSPS) is 24.6. The van der Waals surface area contributed by atoms with Crippen LogP contribution < -0.4 is 5.32 Å². The van der Waals surface area contributed by atoms with E-state index in [-0.39, 0.29) is 0 Å². The SMILES string of the molecule is CC1COCCN1Cc1cccc(CNC2CC2)c1. The largest absolute Gasteiger partial charge is 0.379 e. The second kappa shape index (κ2) is 6.04. The highest BCUT2D eigenvalue weighted by Crippen LogP contribution is 2.19. The third-order valence-corrected chi connectivity index (χ3v) is 4.05. The van der Waals surface area contributed by atoms with E-state index in [1.807, 2.05) is 0 Å². The van der Waals surface area contributed by atoms with Gasteiger partial charge in [0.25, 0.3) is 0 Å². The second-order valence-electron chi connectivity index (χ2n) is 5.87. The summed E-state index contributed by atoms with van der Waals surface area (Å²) in [7, 11) is 0. The number of morpholine rings is 1. The highest BCUT2D eigenvalue weighted by molar-refractivity contribution is 5.23. The van der Waals surface area contributed by atoms with E-state index < -0.39 is 0 Å². The number of rotatable bonds is 5. The Kier molecular flexibility index (Phi) is 4.16. The van der Waals surface area contributed by atoms with E-state index in [1.54, 1.807) is 0 Å². The topological polar surface area (TPSA) is 24.5 Å². The molecule has 0 aromatic heterocycles.